The third-order valence-corrected chi connectivity index (χ3v) is 1.99. The maximum absolute atomic E-state index is 4.17. The molecule has 1 aromatic heterocycles. The second-order valence-corrected chi connectivity index (χ2v) is 3.14. The quantitative estimate of drug-likeness (QED) is 0.568. The summed E-state index contributed by atoms with van der Waals surface area (Å²) in [5.41, 5.74) is 1.09. The molecule has 0 aromatic carbocycles. The van der Waals surface area contributed by atoms with Crippen molar-refractivity contribution in [3.8, 4) is 0 Å². The Hall–Kier alpha value is -0.440. The summed E-state index contributed by atoms with van der Waals surface area (Å²) in [6, 6.07) is 0. The first-order valence-corrected chi connectivity index (χ1v) is 4.86. The van der Waals surface area contributed by atoms with Crippen LogP contribution in [0.1, 0.15) is 18.5 Å². The Morgan fingerprint density at radius 2 is 2.18 bits per heavy atom. The smallest absolute Gasteiger partial charge is 0.0586 e. The Kier molecular flexibility index (Phi) is 4.12. The van der Waals surface area contributed by atoms with Crippen molar-refractivity contribution in [1.29, 1.82) is 0 Å². The van der Waals surface area contributed by atoms with E-state index in [0.717, 1.165) is 17.4 Å². The lowest BCUT2D eigenvalue weighted by molar-refractivity contribution is 0.781. The minimum absolute atomic E-state index is 1.04. The molecule has 0 fully saturated rings. The van der Waals surface area contributed by atoms with E-state index >= 15 is 0 Å². The fourth-order valence-electron chi connectivity index (χ4n) is 0.860. The molecule has 1 aromatic rings. The Morgan fingerprint density at radius 1 is 1.27 bits per heavy atom. The zero-order valence-electron chi connectivity index (χ0n) is 6.33. The lowest BCUT2D eigenvalue weighted by atomic mass is 10.2. The molecule has 0 aliphatic rings. The van der Waals surface area contributed by atoms with Crippen LogP contribution >= 0.6 is 15.9 Å². The van der Waals surface area contributed by atoms with Crippen LogP contribution in [0.3, 0.4) is 0 Å². The van der Waals surface area contributed by atoms with Gasteiger partial charge < -0.3 is 0 Å². The van der Waals surface area contributed by atoms with Gasteiger partial charge in [0.1, 0.15) is 0 Å². The second-order valence-electron chi connectivity index (χ2n) is 2.34. The summed E-state index contributed by atoms with van der Waals surface area (Å²) in [7, 11) is 0. The van der Waals surface area contributed by atoms with E-state index in [1.54, 1.807) is 12.4 Å². The van der Waals surface area contributed by atoms with Crippen LogP contribution in [0, 0.1) is 0 Å². The molecule has 3 heteroatoms. The lowest BCUT2D eigenvalue weighted by Gasteiger charge is -1.96. The van der Waals surface area contributed by atoms with Crippen LogP contribution in [0.5, 0.6) is 0 Å². The number of unbranched alkanes of at least 4 members (excludes halogenated alkanes) is 1. The van der Waals surface area contributed by atoms with Gasteiger partial charge in [-0.1, -0.05) is 15.9 Å². The molecule has 60 valence electrons. The Bertz CT molecular complexity index is 189. The molecular weight excluding hydrogens is 204 g/mol. The molecule has 0 bridgehead atoms. The predicted octanol–water partition coefficient (Wildman–Crippen LogP) is 2.19. The minimum Gasteiger partial charge on any atom is -0.261 e. The standard InChI is InChI=1S/C8H11BrN2/c9-4-2-1-3-8-7-10-5-6-11-8/h5-7H,1-4H2. The fraction of sp³-hybridized carbons (Fsp3) is 0.500. The second kappa shape index (κ2) is 5.24. The fourth-order valence-corrected chi connectivity index (χ4v) is 1.26. The number of aromatic nitrogens is 2. The molecule has 0 aliphatic carbocycles. The molecule has 1 rings (SSSR count). The molecule has 0 saturated carbocycles. The molecule has 2 nitrogen and oxygen atoms in total. The minimum atomic E-state index is 1.04. The number of hydrogen-bond donors (Lipinski definition) is 0. The molecule has 0 aliphatic heterocycles. The van der Waals surface area contributed by atoms with Crippen LogP contribution in [-0.4, -0.2) is 15.3 Å². The van der Waals surface area contributed by atoms with E-state index in [-0.39, 0.29) is 0 Å². The Labute approximate surface area is 75.2 Å². The number of rotatable bonds is 4. The van der Waals surface area contributed by atoms with Gasteiger partial charge in [-0.25, -0.2) is 0 Å². The van der Waals surface area contributed by atoms with Gasteiger partial charge in [0.15, 0.2) is 0 Å². The third-order valence-electron chi connectivity index (χ3n) is 1.43. The first kappa shape index (κ1) is 8.65. The first-order chi connectivity index (χ1) is 5.43. The summed E-state index contributed by atoms with van der Waals surface area (Å²) >= 11 is 3.39. The first-order valence-electron chi connectivity index (χ1n) is 3.74. The van der Waals surface area contributed by atoms with Crippen LogP contribution in [0.15, 0.2) is 18.6 Å². The highest BCUT2D eigenvalue weighted by Crippen LogP contribution is 2.00. The van der Waals surface area contributed by atoms with Crippen LogP contribution in [-0.2, 0) is 6.42 Å². The van der Waals surface area contributed by atoms with Gasteiger partial charge in [-0.3, -0.25) is 9.97 Å². The Balaban J connectivity index is 2.28. The summed E-state index contributed by atoms with van der Waals surface area (Å²) in [4.78, 5) is 8.16. The summed E-state index contributed by atoms with van der Waals surface area (Å²) in [6.07, 6.45) is 8.70. The van der Waals surface area contributed by atoms with Gasteiger partial charge in [-0.15, -0.1) is 0 Å². The predicted molar refractivity (Wildman–Crippen MR) is 48.8 cm³/mol. The normalized spacial score (nSPS) is 9.91. The van der Waals surface area contributed by atoms with Gasteiger partial charge in [0.25, 0.3) is 0 Å². The van der Waals surface area contributed by atoms with E-state index in [9.17, 15) is 0 Å². The molecule has 0 unspecified atom stereocenters. The molecule has 0 spiro atoms. The van der Waals surface area contributed by atoms with Crippen molar-refractivity contribution in [3.63, 3.8) is 0 Å². The highest BCUT2D eigenvalue weighted by atomic mass is 79.9. The number of aryl methyl sites for hydroxylation is 1. The van der Waals surface area contributed by atoms with Gasteiger partial charge in [0.05, 0.1) is 5.69 Å². The Morgan fingerprint density at radius 3 is 2.82 bits per heavy atom. The van der Waals surface area contributed by atoms with Crippen LogP contribution in [0.4, 0.5) is 0 Å². The number of nitrogens with zero attached hydrogens (tertiary/aromatic N) is 2. The molecule has 0 saturated heterocycles. The van der Waals surface area contributed by atoms with Crippen molar-refractivity contribution >= 4 is 15.9 Å². The van der Waals surface area contributed by atoms with Crippen LogP contribution < -0.4 is 0 Å². The maximum Gasteiger partial charge on any atom is 0.0586 e. The number of halogens is 1. The lowest BCUT2D eigenvalue weighted by Crippen LogP contribution is -1.90. The van der Waals surface area contributed by atoms with Gasteiger partial charge in [-0.05, 0) is 19.3 Å². The molecule has 11 heavy (non-hydrogen) atoms. The largest absolute Gasteiger partial charge is 0.261 e. The third kappa shape index (κ3) is 3.46. The highest BCUT2D eigenvalue weighted by molar-refractivity contribution is 9.09. The van der Waals surface area contributed by atoms with Gasteiger partial charge >= 0.3 is 0 Å². The number of hydrogen-bond acceptors (Lipinski definition) is 2. The highest BCUT2D eigenvalue weighted by Gasteiger charge is 1.91. The van der Waals surface area contributed by atoms with E-state index in [1.807, 2.05) is 6.20 Å². The van der Waals surface area contributed by atoms with Crippen molar-refractivity contribution in [2.75, 3.05) is 5.33 Å². The van der Waals surface area contributed by atoms with Crippen LogP contribution in [0.2, 0.25) is 0 Å². The van der Waals surface area contributed by atoms with E-state index in [1.165, 1.54) is 12.8 Å². The maximum atomic E-state index is 4.17. The van der Waals surface area contributed by atoms with E-state index in [4.69, 9.17) is 0 Å². The monoisotopic (exact) mass is 214 g/mol. The van der Waals surface area contributed by atoms with Gasteiger partial charge in [-0.2, -0.15) is 0 Å². The average molecular weight is 215 g/mol. The summed E-state index contributed by atoms with van der Waals surface area (Å²) < 4.78 is 0. The van der Waals surface area contributed by atoms with Gasteiger partial charge in [0, 0.05) is 23.9 Å². The topological polar surface area (TPSA) is 25.8 Å². The SMILES string of the molecule is BrCCCCc1cnccn1. The van der Waals surface area contributed by atoms with Crippen molar-refractivity contribution in [3.05, 3.63) is 24.3 Å². The van der Waals surface area contributed by atoms with Crippen molar-refractivity contribution in [1.82, 2.24) is 9.97 Å². The zero-order chi connectivity index (χ0) is 7.94. The van der Waals surface area contributed by atoms with E-state index in [2.05, 4.69) is 25.9 Å². The van der Waals surface area contributed by atoms with E-state index in [0.29, 0.717) is 0 Å². The molecule has 0 N–H and O–H groups in total. The number of alkyl halides is 1. The van der Waals surface area contributed by atoms with Crippen molar-refractivity contribution < 1.29 is 0 Å². The summed E-state index contributed by atoms with van der Waals surface area (Å²) in [5, 5.41) is 1.08. The summed E-state index contributed by atoms with van der Waals surface area (Å²) in [5.74, 6) is 0. The molecule has 0 atom stereocenters. The van der Waals surface area contributed by atoms with Crippen molar-refractivity contribution in [2.24, 2.45) is 0 Å². The van der Waals surface area contributed by atoms with Gasteiger partial charge in [0.2, 0.25) is 0 Å². The molecule has 0 radical (unpaired) electrons. The summed E-state index contributed by atoms with van der Waals surface area (Å²) in [6.45, 7) is 0. The molecule has 1 heterocycles. The molecular formula is C8H11BrN2. The zero-order valence-corrected chi connectivity index (χ0v) is 7.92. The van der Waals surface area contributed by atoms with Crippen LogP contribution in [0.25, 0.3) is 0 Å². The molecule has 0 amide bonds. The van der Waals surface area contributed by atoms with Crippen molar-refractivity contribution in [2.45, 2.75) is 19.3 Å². The van der Waals surface area contributed by atoms with E-state index < -0.39 is 0 Å². The average Bonchev–Trinajstić information content (AvgIpc) is 2.07.